The fraction of sp³-hybridized carbons (Fsp3) is 0.211. The Bertz CT molecular complexity index is 980. The van der Waals surface area contributed by atoms with Crippen LogP contribution in [0.4, 0.5) is 10.5 Å². The Morgan fingerprint density at radius 1 is 1.12 bits per heavy atom. The summed E-state index contributed by atoms with van der Waals surface area (Å²) >= 11 is 0. The predicted molar refractivity (Wildman–Crippen MR) is 100 cm³/mol. The van der Waals surface area contributed by atoms with Gasteiger partial charge in [0, 0.05) is 18.1 Å². The molecule has 0 bridgehead atoms. The van der Waals surface area contributed by atoms with E-state index < -0.39 is 0 Å². The molecule has 1 aromatic heterocycles. The molecule has 26 heavy (non-hydrogen) atoms. The zero-order valence-electron chi connectivity index (χ0n) is 14.7. The molecule has 0 radical (unpaired) electrons. The van der Waals surface area contributed by atoms with Crippen molar-refractivity contribution in [3.8, 4) is 5.75 Å². The number of rotatable bonds is 5. The molecule has 0 saturated carbocycles. The monoisotopic (exact) mass is 352 g/mol. The number of aryl methyl sites for hydroxylation is 1. The van der Waals surface area contributed by atoms with E-state index in [4.69, 9.17) is 4.74 Å². The molecule has 0 aliphatic heterocycles. The van der Waals surface area contributed by atoms with E-state index in [-0.39, 0.29) is 18.1 Å². The van der Waals surface area contributed by atoms with Gasteiger partial charge in [-0.3, -0.25) is 4.79 Å². The molecule has 0 spiro atoms. The lowest BCUT2D eigenvalue weighted by atomic mass is 10.1. The first-order chi connectivity index (χ1) is 12.6. The third-order valence-electron chi connectivity index (χ3n) is 3.87. The first kappa shape index (κ1) is 17.5. The molecule has 7 heteroatoms. The summed E-state index contributed by atoms with van der Waals surface area (Å²) in [6.45, 7) is 2.71. The average Bonchev–Trinajstić information content (AvgIpc) is 2.65. The quantitative estimate of drug-likeness (QED) is 0.739. The summed E-state index contributed by atoms with van der Waals surface area (Å²) in [5.41, 5.74) is 1.12. The number of amides is 2. The van der Waals surface area contributed by atoms with Crippen molar-refractivity contribution >= 4 is 22.5 Å². The number of nitrogens with one attached hydrogen (secondary N) is 2. The number of carbonyl (C=O) groups is 1. The van der Waals surface area contributed by atoms with Crippen molar-refractivity contribution in [2.45, 2.75) is 13.5 Å². The number of nitrogens with zero attached hydrogens (tertiary/aromatic N) is 2. The van der Waals surface area contributed by atoms with Crippen molar-refractivity contribution in [2.24, 2.45) is 7.05 Å². The Labute approximate surface area is 150 Å². The van der Waals surface area contributed by atoms with E-state index >= 15 is 0 Å². The van der Waals surface area contributed by atoms with Crippen molar-refractivity contribution in [2.75, 3.05) is 11.9 Å². The smallest absolute Gasteiger partial charge is 0.319 e. The molecule has 0 saturated heterocycles. The van der Waals surface area contributed by atoms with Crippen LogP contribution in [0.25, 0.3) is 10.8 Å². The van der Waals surface area contributed by atoms with Crippen molar-refractivity contribution in [1.29, 1.82) is 0 Å². The number of fused-ring (bicyclic) bond motifs is 1. The molecule has 0 aliphatic carbocycles. The minimum Gasteiger partial charge on any atom is -0.494 e. The minimum atomic E-state index is -0.353. The van der Waals surface area contributed by atoms with E-state index in [2.05, 4.69) is 15.7 Å². The number of benzene rings is 2. The number of hydrogen-bond acceptors (Lipinski definition) is 4. The number of anilines is 1. The number of hydrogen-bond donors (Lipinski definition) is 2. The molecule has 0 aliphatic rings. The first-order valence-corrected chi connectivity index (χ1v) is 8.31. The highest BCUT2D eigenvalue weighted by Gasteiger charge is 2.10. The molecule has 0 atom stereocenters. The van der Waals surface area contributed by atoms with Gasteiger partial charge in [-0.2, -0.15) is 5.10 Å². The van der Waals surface area contributed by atoms with E-state index in [0.29, 0.717) is 23.4 Å². The van der Waals surface area contributed by atoms with Crippen LogP contribution < -0.4 is 20.9 Å². The largest absolute Gasteiger partial charge is 0.494 e. The van der Waals surface area contributed by atoms with Gasteiger partial charge in [-0.15, -0.1) is 0 Å². The van der Waals surface area contributed by atoms with Gasteiger partial charge in [-0.05, 0) is 37.3 Å². The van der Waals surface area contributed by atoms with Gasteiger partial charge in [-0.25, -0.2) is 9.48 Å². The van der Waals surface area contributed by atoms with Crippen LogP contribution in [-0.4, -0.2) is 22.4 Å². The van der Waals surface area contributed by atoms with E-state index in [1.165, 1.54) is 4.68 Å². The summed E-state index contributed by atoms with van der Waals surface area (Å²) in [4.78, 5) is 24.3. The number of aromatic nitrogens is 2. The van der Waals surface area contributed by atoms with E-state index in [1.54, 1.807) is 43.4 Å². The second-order valence-electron chi connectivity index (χ2n) is 5.69. The van der Waals surface area contributed by atoms with Crippen LogP contribution in [0.15, 0.2) is 53.3 Å². The number of ether oxygens (including phenoxy) is 1. The molecule has 2 amide bonds. The highest BCUT2D eigenvalue weighted by molar-refractivity contribution is 5.90. The van der Waals surface area contributed by atoms with Crippen LogP contribution in [0.5, 0.6) is 5.75 Å². The molecule has 0 fully saturated rings. The summed E-state index contributed by atoms with van der Waals surface area (Å²) in [6.07, 6.45) is 0. The minimum absolute atomic E-state index is 0.164. The lowest BCUT2D eigenvalue weighted by Gasteiger charge is -2.11. The lowest BCUT2D eigenvalue weighted by molar-refractivity contribution is 0.251. The normalized spacial score (nSPS) is 10.5. The van der Waals surface area contributed by atoms with Gasteiger partial charge >= 0.3 is 6.03 Å². The summed E-state index contributed by atoms with van der Waals surface area (Å²) < 4.78 is 6.65. The third kappa shape index (κ3) is 3.83. The van der Waals surface area contributed by atoms with Crippen LogP contribution >= 0.6 is 0 Å². The summed E-state index contributed by atoms with van der Waals surface area (Å²) in [6, 6.07) is 14.0. The Hall–Kier alpha value is -3.35. The number of carbonyl (C=O) groups excluding carboxylic acids is 1. The maximum atomic E-state index is 12.1. The van der Waals surface area contributed by atoms with Gasteiger partial charge in [0.25, 0.3) is 5.56 Å². The van der Waals surface area contributed by atoms with Crippen molar-refractivity contribution in [3.05, 3.63) is 64.6 Å². The molecule has 3 aromatic rings. The molecule has 3 rings (SSSR count). The van der Waals surface area contributed by atoms with Crippen LogP contribution in [0.3, 0.4) is 0 Å². The molecule has 7 nitrogen and oxygen atoms in total. The van der Waals surface area contributed by atoms with Crippen molar-refractivity contribution < 1.29 is 9.53 Å². The Balaban J connectivity index is 1.69. The highest BCUT2D eigenvalue weighted by Crippen LogP contribution is 2.16. The Morgan fingerprint density at radius 3 is 2.50 bits per heavy atom. The van der Waals surface area contributed by atoms with Gasteiger partial charge in [0.05, 0.1) is 24.2 Å². The first-order valence-electron chi connectivity index (χ1n) is 8.31. The number of urea groups is 1. The Morgan fingerprint density at radius 2 is 1.81 bits per heavy atom. The Kier molecular flexibility index (Phi) is 5.17. The molecule has 134 valence electrons. The van der Waals surface area contributed by atoms with E-state index in [0.717, 1.165) is 11.1 Å². The van der Waals surface area contributed by atoms with E-state index in [1.807, 2.05) is 19.1 Å². The van der Waals surface area contributed by atoms with Crippen LogP contribution in [0, 0.1) is 0 Å². The highest BCUT2D eigenvalue weighted by atomic mass is 16.5. The third-order valence-corrected chi connectivity index (χ3v) is 3.87. The molecule has 2 N–H and O–H groups in total. The summed E-state index contributed by atoms with van der Waals surface area (Å²) in [5.74, 6) is 0.749. The lowest BCUT2D eigenvalue weighted by Crippen LogP contribution is -2.30. The predicted octanol–water partition coefficient (Wildman–Crippen LogP) is 2.65. The maximum Gasteiger partial charge on any atom is 0.319 e. The van der Waals surface area contributed by atoms with Crippen LogP contribution in [0.2, 0.25) is 0 Å². The fourth-order valence-electron chi connectivity index (χ4n) is 2.65. The summed E-state index contributed by atoms with van der Waals surface area (Å²) in [5, 5.41) is 11.1. The average molecular weight is 352 g/mol. The zero-order chi connectivity index (χ0) is 18.5. The van der Waals surface area contributed by atoms with E-state index in [9.17, 15) is 9.59 Å². The van der Waals surface area contributed by atoms with Gasteiger partial charge in [-0.1, -0.05) is 18.2 Å². The topological polar surface area (TPSA) is 85.2 Å². The van der Waals surface area contributed by atoms with Crippen LogP contribution in [0.1, 0.15) is 12.6 Å². The fourth-order valence-corrected chi connectivity index (χ4v) is 2.65. The summed E-state index contributed by atoms with van der Waals surface area (Å²) in [7, 11) is 1.60. The molecular formula is C19H20N4O3. The zero-order valence-corrected chi connectivity index (χ0v) is 14.7. The van der Waals surface area contributed by atoms with Gasteiger partial charge in [0.2, 0.25) is 0 Å². The molecule has 2 aromatic carbocycles. The second-order valence-corrected chi connectivity index (χ2v) is 5.69. The van der Waals surface area contributed by atoms with Gasteiger partial charge in [0.15, 0.2) is 0 Å². The molecule has 0 unspecified atom stereocenters. The molecular weight excluding hydrogens is 332 g/mol. The van der Waals surface area contributed by atoms with Gasteiger partial charge in [0.1, 0.15) is 5.75 Å². The second kappa shape index (κ2) is 7.69. The standard InChI is InChI=1S/C19H20N4O3/c1-3-26-14-10-8-13(9-11-14)21-19(25)20-12-17-15-6-4-5-7-16(15)18(24)23(2)22-17/h4-11H,3,12H2,1-2H3,(H2,20,21,25). The van der Waals surface area contributed by atoms with Gasteiger partial charge < -0.3 is 15.4 Å². The molecule has 1 heterocycles. The van der Waals surface area contributed by atoms with Crippen molar-refractivity contribution in [3.63, 3.8) is 0 Å². The maximum absolute atomic E-state index is 12.1. The SMILES string of the molecule is CCOc1ccc(NC(=O)NCc2nn(C)c(=O)c3ccccc23)cc1. The van der Waals surface area contributed by atoms with Crippen LogP contribution in [-0.2, 0) is 13.6 Å². The van der Waals surface area contributed by atoms with Crippen molar-refractivity contribution in [1.82, 2.24) is 15.1 Å².